The number of carbonyl (C=O) groups is 1. The molecule has 0 radical (unpaired) electrons. The van der Waals surface area contributed by atoms with Gasteiger partial charge in [-0.05, 0) is 42.6 Å². The van der Waals surface area contributed by atoms with E-state index in [1.165, 1.54) is 22.0 Å². The fourth-order valence-electron chi connectivity index (χ4n) is 3.85. The molecule has 1 aromatic carbocycles. The van der Waals surface area contributed by atoms with Gasteiger partial charge in [-0.25, -0.2) is 5.84 Å². The molecule has 6 nitrogen and oxygen atoms in total. The van der Waals surface area contributed by atoms with Crippen LogP contribution in [0.25, 0.3) is 10.9 Å². The number of nitrogens with two attached hydrogens (primary N) is 1. The maximum atomic E-state index is 12.6. The fraction of sp³-hybridized carbons (Fsp3) is 0.474. The van der Waals surface area contributed by atoms with Crippen molar-refractivity contribution in [2.45, 2.75) is 45.1 Å². The third-order valence-electron chi connectivity index (χ3n) is 5.23. The Hall–Kier alpha value is -1.96. The highest BCUT2D eigenvalue weighted by Gasteiger charge is 2.40. The van der Waals surface area contributed by atoms with Crippen LogP contribution in [0.3, 0.4) is 0 Å². The predicted molar refractivity (Wildman–Crippen MR) is 107 cm³/mol. The lowest BCUT2D eigenvalue weighted by molar-refractivity contribution is -0.129. The molecule has 140 valence electrons. The van der Waals surface area contributed by atoms with Gasteiger partial charge in [0.25, 0.3) is 0 Å². The van der Waals surface area contributed by atoms with E-state index in [4.69, 9.17) is 22.8 Å². The van der Waals surface area contributed by atoms with Crippen LogP contribution in [0, 0.1) is 0 Å². The third kappa shape index (κ3) is 3.34. The van der Waals surface area contributed by atoms with Gasteiger partial charge in [0, 0.05) is 17.3 Å². The molecule has 1 aromatic heterocycles. The first-order chi connectivity index (χ1) is 12.5. The number of hydrazine groups is 1. The van der Waals surface area contributed by atoms with Crippen LogP contribution in [0.1, 0.15) is 43.5 Å². The molecule has 0 saturated carbocycles. The van der Waals surface area contributed by atoms with Crippen LogP contribution in [0.15, 0.2) is 18.2 Å². The fourth-order valence-corrected chi connectivity index (χ4v) is 3.92. The number of carbonyl (C=O) groups excluding carboxylic acids is 1. The molecule has 1 aliphatic rings. The van der Waals surface area contributed by atoms with Crippen molar-refractivity contribution in [1.29, 1.82) is 0 Å². The summed E-state index contributed by atoms with van der Waals surface area (Å²) >= 11 is 4.93. The summed E-state index contributed by atoms with van der Waals surface area (Å²) in [5, 5.41) is 4.32. The van der Waals surface area contributed by atoms with Crippen LogP contribution in [-0.4, -0.2) is 29.0 Å². The second-order valence-corrected chi connectivity index (χ2v) is 7.07. The molecule has 0 saturated heterocycles. The Kier molecular flexibility index (Phi) is 5.60. The molecule has 0 spiro atoms. The summed E-state index contributed by atoms with van der Waals surface area (Å²) < 4.78 is 6.20. The summed E-state index contributed by atoms with van der Waals surface area (Å²) in [6, 6.07) is 6.41. The number of aromatic amines is 1. The minimum absolute atomic E-state index is 0.0340. The monoisotopic (exact) mass is 374 g/mol. The summed E-state index contributed by atoms with van der Waals surface area (Å²) in [5.41, 5.74) is 6.49. The van der Waals surface area contributed by atoms with Crippen LogP contribution >= 0.6 is 12.2 Å². The Bertz CT molecular complexity index is 832. The number of hydrogen-bond donors (Lipinski definition) is 4. The maximum Gasteiger partial charge on any atom is 0.180 e. The first-order valence-electron chi connectivity index (χ1n) is 9.07. The van der Waals surface area contributed by atoms with E-state index in [-0.39, 0.29) is 17.4 Å². The normalized spacial score (nSPS) is 19.2. The summed E-state index contributed by atoms with van der Waals surface area (Å²) in [5.74, 6) is 5.27. The van der Waals surface area contributed by atoms with E-state index in [9.17, 15) is 4.79 Å². The SMILES string of the molecule is CCc1cccc2c3c([nH]c12)C(CC)(CC(=O)CNC(=S)NN)OCC3. The van der Waals surface area contributed by atoms with E-state index in [0.29, 0.717) is 13.0 Å². The molecule has 0 amide bonds. The first kappa shape index (κ1) is 18.8. The molecule has 7 heteroatoms. The standard InChI is InChI=1S/C19H26N4O2S/c1-3-12-6-5-7-14-15-8-9-25-19(4-2,17(15)22-16(12)14)10-13(24)11-21-18(26)23-20/h5-7,22H,3-4,8-11,20H2,1-2H3,(H2,21,23,26). The van der Waals surface area contributed by atoms with Gasteiger partial charge in [-0.15, -0.1) is 0 Å². The highest BCUT2D eigenvalue weighted by Crippen LogP contribution is 2.42. The Morgan fingerprint density at radius 1 is 1.42 bits per heavy atom. The average Bonchev–Trinajstić information content (AvgIpc) is 3.06. The Morgan fingerprint density at radius 2 is 2.23 bits per heavy atom. The van der Waals surface area contributed by atoms with Crippen molar-refractivity contribution in [2.75, 3.05) is 13.2 Å². The maximum absolute atomic E-state index is 12.6. The van der Waals surface area contributed by atoms with E-state index in [1.807, 2.05) is 0 Å². The van der Waals surface area contributed by atoms with E-state index >= 15 is 0 Å². The van der Waals surface area contributed by atoms with Crippen molar-refractivity contribution in [1.82, 2.24) is 15.7 Å². The summed E-state index contributed by atoms with van der Waals surface area (Å²) in [4.78, 5) is 16.2. The molecule has 2 heterocycles. The third-order valence-corrected chi connectivity index (χ3v) is 5.49. The summed E-state index contributed by atoms with van der Waals surface area (Å²) in [6.45, 7) is 4.97. The van der Waals surface area contributed by atoms with Gasteiger partial charge in [-0.3, -0.25) is 4.79 Å². The van der Waals surface area contributed by atoms with Crippen molar-refractivity contribution in [3.63, 3.8) is 0 Å². The molecule has 26 heavy (non-hydrogen) atoms. The number of ketones is 1. The Balaban J connectivity index is 1.95. The molecule has 1 unspecified atom stereocenters. The van der Waals surface area contributed by atoms with Gasteiger partial charge in [0.1, 0.15) is 5.60 Å². The molecule has 0 fully saturated rings. The number of thiocarbonyl (C=S) groups is 1. The predicted octanol–water partition coefficient (Wildman–Crippen LogP) is 2.21. The van der Waals surface area contributed by atoms with Crippen LogP contribution in [0.5, 0.6) is 0 Å². The zero-order valence-corrected chi connectivity index (χ0v) is 16.1. The molecule has 0 aliphatic carbocycles. The molecule has 2 aromatic rings. The topological polar surface area (TPSA) is 92.2 Å². The lowest BCUT2D eigenvalue weighted by atomic mass is 9.84. The number of nitrogens with one attached hydrogen (secondary N) is 3. The van der Waals surface area contributed by atoms with Gasteiger partial charge in [0.05, 0.1) is 18.8 Å². The van der Waals surface area contributed by atoms with Gasteiger partial charge in [-0.2, -0.15) is 0 Å². The van der Waals surface area contributed by atoms with Crippen LogP contribution in [-0.2, 0) is 28.0 Å². The summed E-state index contributed by atoms with van der Waals surface area (Å²) in [7, 11) is 0. The van der Waals surface area contributed by atoms with Crippen LogP contribution < -0.4 is 16.6 Å². The number of benzene rings is 1. The van der Waals surface area contributed by atoms with Gasteiger partial charge in [0.15, 0.2) is 10.9 Å². The molecular weight excluding hydrogens is 348 g/mol. The number of aromatic nitrogens is 1. The average molecular weight is 375 g/mol. The quantitative estimate of drug-likeness (QED) is 0.352. The van der Waals surface area contributed by atoms with Gasteiger partial charge >= 0.3 is 0 Å². The van der Waals surface area contributed by atoms with Gasteiger partial charge in [-0.1, -0.05) is 32.0 Å². The van der Waals surface area contributed by atoms with E-state index in [0.717, 1.165) is 25.0 Å². The minimum atomic E-state index is -0.617. The first-order valence-corrected chi connectivity index (χ1v) is 9.48. The zero-order valence-electron chi connectivity index (χ0n) is 15.3. The number of rotatable bonds is 6. The van der Waals surface area contributed by atoms with Crippen molar-refractivity contribution in [3.8, 4) is 0 Å². The number of Topliss-reactive ketones (excluding diaryl/α,β-unsaturated/α-hetero) is 1. The van der Waals surface area contributed by atoms with Gasteiger partial charge < -0.3 is 20.5 Å². The van der Waals surface area contributed by atoms with Crippen molar-refractivity contribution in [2.24, 2.45) is 5.84 Å². The number of fused-ring (bicyclic) bond motifs is 3. The Morgan fingerprint density at radius 3 is 2.92 bits per heavy atom. The number of H-pyrrole nitrogens is 1. The molecular formula is C19H26N4O2S. The lowest BCUT2D eigenvalue weighted by Crippen LogP contribution is -2.44. The molecule has 1 atom stereocenters. The van der Waals surface area contributed by atoms with Crippen molar-refractivity contribution >= 4 is 34.0 Å². The minimum Gasteiger partial charge on any atom is -0.368 e. The number of para-hydroxylation sites is 1. The second-order valence-electron chi connectivity index (χ2n) is 6.66. The number of hydrogen-bond acceptors (Lipinski definition) is 4. The Labute approximate surface area is 158 Å². The van der Waals surface area contributed by atoms with E-state index in [2.05, 4.69) is 47.8 Å². The number of aryl methyl sites for hydroxylation is 1. The van der Waals surface area contributed by atoms with Crippen LogP contribution in [0.4, 0.5) is 0 Å². The largest absolute Gasteiger partial charge is 0.368 e. The zero-order chi connectivity index (χ0) is 18.7. The van der Waals surface area contributed by atoms with Crippen molar-refractivity contribution in [3.05, 3.63) is 35.0 Å². The van der Waals surface area contributed by atoms with Gasteiger partial charge in [0.2, 0.25) is 0 Å². The van der Waals surface area contributed by atoms with Crippen LogP contribution in [0.2, 0.25) is 0 Å². The molecule has 0 bridgehead atoms. The smallest absolute Gasteiger partial charge is 0.180 e. The van der Waals surface area contributed by atoms with E-state index in [1.54, 1.807) is 0 Å². The summed E-state index contributed by atoms with van der Waals surface area (Å²) in [6.07, 6.45) is 2.84. The molecule has 3 rings (SSSR count). The van der Waals surface area contributed by atoms with E-state index < -0.39 is 5.60 Å². The number of ether oxygens (including phenoxy) is 1. The molecule has 1 aliphatic heterocycles. The molecule has 5 N–H and O–H groups in total. The highest BCUT2D eigenvalue weighted by atomic mass is 32.1. The van der Waals surface area contributed by atoms with Crippen molar-refractivity contribution < 1.29 is 9.53 Å². The second kappa shape index (κ2) is 7.73. The lowest BCUT2D eigenvalue weighted by Gasteiger charge is -2.36. The highest BCUT2D eigenvalue weighted by molar-refractivity contribution is 7.80.